The Hall–Kier alpha value is -1.53. The molecule has 1 unspecified atom stereocenters. The number of amides is 1. The number of rotatable bonds is 3. The molecule has 2 heterocycles. The maximum Gasteiger partial charge on any atom is 0.330 e. The molecule has 112 valence electrons. The average molecular weight is 307 g/mol. The molecule has 0 radical (unpaired) electrons. The molecule has 21 heavy (non-hydrogen) atoms. The van der Waals surface area contributed by atoms with Crippen LogP contribution in [0, 0.1) is 0 Å². The molecule has 5 nitrogen and oxygen atoms in total. The summed E-state index contributed by atoms with van der Waals surface area (Å²) in [7, 11) is 0. The van der Waals surface area contributed by atoms with Crippen LogP contribution in [0.1, 0.15) is 25.8 Å². The van der Waals surface area contributed by atoms with Crippen molar-refractivity contribution in [1.82, 2.24) is 4.90 Å². The Labute approximate surface area is 127 Å². The first-order valence-corrected chi connectivity index (χ1v) is 7.60. The minimum Gasteiger partial charge on any atom is -0.459 e. The molecule has 2 fully saturated rings. The van der Waals surface area contributed by atoms with Crippen molar-refractivity contribution >= 4 is 23.6 Å². The van der Waals surface area contributed by atoms with E-state index in [0.29, 0.717) is 0 Å². The molecule has 1 aromatic carbocycles. The fourth-order valence-electron chi connectivity index (χ4n) is 2.89. The lowest BCUT2D eigenvalue weighted by Crippen LogP contribution is -2.64. The molecule has 6 heteroatoms. The van der Waals surface area contributed by atoms with Gasteiger partial charge in [0.15, 0.2) is 5.06 Å². The van der Waals surface area contributed by atoms with Gasteiger partial charge in [0.1, 0.15) is 12.6 Å². The van der Waals surface area contributed by atoms with Gasteiger partial charge >= 0.3 is 5.97 Å². The average Bonchev–Trinajstić information content (AvgIpc) is 2.59. The SMILES string of the molecule is CC1(C)SC2(O)CC(=O)N2[C@H]1C(=O)OCc1ccccc1. The summed E-state index contributed by atoms with van der Waals surface area (Å²) in [5.41, 5.74) is 0.888. The summed E-state index contributed by atoms with van der Waals surface area (Å²) in [5, 5.41) is 9.07. The van der Waals surface area contributed by atoms with Crippen molar-refractivity contribution < 1.29 is 19.4 Å². The number of carbonyl (C=O) groups excluding carboxylic acids is 2. The molecule has 0 bridgehead atoms. The molecule has 3 rings (SSSR count). The number of nitrogens with zero attached hydrogens (tertiary/aromatic N) is 1. The Morgan fingerprint density at radius 3 is 2.71 bits per heavy atom. The van der Waals surface area contributed by atoms with Crippen molar-refractivity contribution in [1.29, 1.82) is 0 Å². The first kappa shape index (κ1) is 14.4. The number of carbonyl (C=O) groups is 2. The highest BCUT2D eigenvalue weighted by atomic mass is 32.2. The summed E-state index contributed by atoms with van der Waals surface area (Å²) in [6.07, 6.45) is 0.0591. The zero-order chi connectivity index (χ0) is 15.3. The molecule has 2 atom stereocenters. The Morgan fingerprint density at radius 2 is 2.10 bits per heavy atom. The van der Waals surface area contributed by atoms with Gasteiger partial charge in [0.05, 0.1) is 6.42 Å². The molecule has 1 N–H and O–H groups in total. The van der Waals surface area contributed by atoms with Gasteiger partial charge in [-0.15, -0.1) is 0 Å². The van der Waals surface area contributed by atoms with Crippen LogP contribution in [0.3, 0.4) is 0 Å². The van der Waals surface area contributed by atoms with Crippen molar-refractivity contribution in [2.24, 2.45) is 0 Å². The van der Waals surface area contributed by atoms with Crippen LogP contribution in [0.5, 0.6) is 0 Å². The van der Waals surface area contributed by atoms with Crippen LogP contribution in [0.2, 0.25) is 0 Å². The van der Waals surface area contributed by atoms with E-state index in [1.165, 1.54) is 16.7 Å². The van der Waals surface area contributed by atoms with E-state index in [-0.39, 0.29) is 18.9 Å². The monoisotopic (exact) mass is 307 g/mol. The molecular weight excluding hydrogens is 290 g/mol. The molecule has 2 aliphatic heterocycles. The highest BCUT2D eigenvalue weighted by Crippen LogP contribution is 2.57. The minimum absolute atomic E-state index is 0.0591. The standard InChI is InChI=1S/C15H17NO4S/c1-14(2)12(16-11(17)8-15(16,19)21-14)13(18)20-9-10-6-4-3-5-7-10/h3-7,12,19H,8-9H2,1-2H3/t12-,15?/m0/s1. The van der Waals surface area contributed by atoms with E-state index >= 15 is 0 Å². The molecule has 1 amide bonds. The highest BCUT2D eigenvalue weighted by molar-refractivity contribution is 8.02. The lowest BCUT2D eigenvalue weighted by atomic mass is 9.97. The Kier molecular flexibility index (Phi) is 3.26. The zero-order valence-electron chi connectivity index (χ0n) is 11.9. The van der Waals surface area contributed by atoms with Gasteiger partial charge in [-0.2, -0.15) is 0 Å². The maximum absolute atomic E-state index is 12.4. The number of aliphatic hydroxyl groups is 1. The number of esters is 1. The van der Waals surface area contributed by atoms with Crippen LogP contribution in [-0.2, 0) is 20.9 Å². The van der Waals surface area contributed by atoms with Gasteiger partial charge in [-0.3, -0.25) is 9.69 Å². The van der Waals surface area contributed by atoms with Crippen molar-refractivity contribution in [2.75, 3.05) is 0 Å². The third kappa shape index (κ3) is 2.32. The fraction of sp³-hybridized carbons (Fsp3) is 0.467. The van der Waals surface area contributed by atoms with Gasteiger partial charge in [0, 0.05) is 4.75 Å². The van der Waals surface area contributed by atoms with E-state index < -0.39 is 21.8 Å². The van der Waals surface area contributed by atoms with E-state index in [0.717, 1.165) is 5.56 Å². The topological polar surface area (TPSA) is 66.8 Å². The van der Waals surface area contributed by atoms with Crippen LogP contribution < -0.4 is 0 Å². The molecule has 1 aromatic rings. The first-order chi connectivity index (χ1) is 9.83. The van der Waals surface area contributed by atoms with Gasteiger partial charge in [-0.25, -0.2) is 4.79 Å². The second-order valence-corrected chi connectivity index (χ2v) is 7.80. The van der Waals surface area contributed by atoms with Gasteiger partial charge in [-0.05, 0) is 19.4 Å². The van der Waals surface area contributed by atoms with Crippen molar-refractivity contribution in [3.05, 3.63) is 35.9 Å². The molecule has 0 spiro atoms. The van der Waals surface area contributed by atoms with Crippen LogP contribution in [0.4, 0.5) is 0 Å². The Bertz CT molecular complexity index is 589. The van der Waals surface area contributed by atoms with Crippen molar-refractivity contribution in [3.8, 4) is 0 Å². The molecule has 0 aliphatic carbocycles. The van der Waals surface area contributed by atoms with Gasteiger partial charge in [0.2, 0.25) is 5.91 Å². The van der Waals surface area contributed by atoms with Crippen LogP contribution in [0.25, 0.3) is 0 Å². The summed E-state index contributed by atoms with van der Waals surface area (Å²) < 4.78 is 4.76. The van der Waals surface area contributed by atoms with Gasteiger partial charge in [0.25, 0.3) is 0 Å². The van der Waals surface area contributed by atoms with E-state index in [9.17, 15) is 14.7 Å². The summed E-state index contributed by atoms with van der Waals surface area (Å²) in [5.74, 6) is -0.683. The second kappa shape index (κ2) is 4.74. The van der Waals surface area contributed by atoms with E-state index in [1.807, 2.05) is 44.2 Å². The third-order valence-corrected chi connectivity index (χ3v) is 5.23. The molecule has 0 aromatic heterocycles. The normalized spacial score (nSPS) is 29.8. The van der Waals surface area contributed by atoms with Crippen molar-refractivity contribution in [2.45, 2.75) is 42.7 Å². The molecule has 0 saturated carbocycles. The maximum atomic E-state index is 12.4. The zero-order valence-corrected chi connectivity index (χ0v) is 12.7. The Morgan fingerprint density at radius 1 is 1.43 bits per heavy atom. The lowest BCUT2D eigenvalue weighted by molar-refractivity contribution is -0.186. The number of ether oxygens (including phenoxy) is 1. The van der Waals surface area contributed by atoms with Crippen LogP contribution >= 0.6 is 11.8 Å². The van der Waals surface area contributed by atoms with Crippen molar-refractivity contribution in [3.63, 3.8) is 0 Å². The predicted octanol–water partition coefficient (Wildman–Crippen LogP) is 1.50. The third-order valence-electron chi connectivity index (χ3n) is 3.82. The van der Waals surface area contributed by atoms with Gasteiger partial charge < -0.3 is 9.84 Å². The molecule has 2 saturated heterocycles. The number of hydrogen-bond donors (Lipinski definition) is 1. The second-order valence-electron chi connectivity index (χ2n) is 5.89. The minimum atomic E-state index is -1.25. The summed E-state index contributed by atoms with van der Waals surface area (Å²) in [6, 6.07) is 8.62. The molecular formula is C15H17NO4S. The molecule has 2 aliphatic rings. The quantitative estimate of drug-likeness (QED) is 0.677. The number of hydrogen-bond acceptors (Lipinski definition) is 5. The van der Waals surface area contributed by atoms with E-state index in [1.54, 1.807) is 0 Å². The lowest BCUT2D eigenvalue weighted by Gasteiger charge is -2.43. The van der Waals surface area contributed by atoms with Crippen LogP contribution in [0.15, 0.2) is 30.3 Å². The number of benzene rings is 1. The summed E-state index contributed by atoms with van der Waals surface area (Å²) in [4.78, 5) is 25.4. The van der Waals surface area contributed by atoms with Gasteiger partial charge in [-0.1, -0.05) is 42.1 Å². The highest BCUT2D eigenvalue weighted by Gasteiger charge is 2.67. The van der Waals surface area contributed by atoms with E-state index in [2.05, 4.69) is 0 Å². The van der Waals surface area contributed by atoms with Crippen LogP contribution in [-0.4, -0.2) is 37.7 Å². The summed E-state index contributed by atoms with van der Waals surface area (Å²) >= 11 is 1.24. The smallest absolute Gasteiger partial charge is 0.330 e. The number of fused-ring (bicyclic) bond motifs is 1. The first-order valence-electron chi connectivity index (χ1n) is 6.79. The predicted molar refractivity (Wildman–Crippen MR) is 78.1 cm³/mol. The Balaban J connectivity index is 1.73. The van der Waals surface area contributed by atoms with E-state index in [4.69, 9.17) is 4.74 Å². The summed E-state index contributed by atoms with van der Waals surface area (Å²) in [6.45, 7) is 3.85. The fourth-order valence-corrected chi connectivity index (χ4v) is 4.54. The largest absolute Gasteiger partial charge is 0.459 e. The number of thioether (sulfide) groups is 1. The number of β-lactam (4-membered cyclic amide) rings is 1.